The van der Waals surface area contributed by atoms with Gasteiger partial charge in [0.15, 0.2) is 0 Å². The maximum absolute atomic E-state index is 11.7. The standard InChI is InChI=1S/C18H13NO3/c1-12-5-6-16-14(9-18(20)22-17(16)7-12)11-21-15-4-2-3-13(8-15)10-19/h2-9H,11H2,1H3. The van der Waals surface area contributed by atoms with Crippen molar-refractivity contribution in [3.8, 4) is 11.8 Å². The van der Waals surface area contributed by atoms with Gasteiger partial charge in [0, 0.05) is 17.0 Å². The van der Waals surface area contributed by atoms with Gasteiger partial charge in [-0.15, -0.1) is 0 Å². The summed E-state index contributed by atoms with van der Waals surface area (Å²) in [4.78, 5) is 11.7. The lowest BCUT2D eigenvalue weighted by molar-refractivity contribution is 0.306. The second kappa shape index (κ2) is 5.74. The van der Waals surface area contributed by atoms with E-state index in [9.17, 15) is 4.79 Å². The first kappa shape index (κ1) is 13.9. The van der Waals surface area contributed by atoms with E-state index < -0.39 is 5.63 Å². The normalized spacial score (nSPS) is 10.4. The fourth-order valence-electron chi connectivity index (χ4n) is 2.27. The van der Waals surface area contributed by atoms with Crippen LogP contribution in [0.25, 0.3) is 11.0 Å². The van der Waals surface area contributed by atoms with Crippen LogP contribution >= 0.6 is 0 Å². The topological polar surface area (TPSA) is 63.2 Å². The van der Waals surface area contributed by atoms with Crippen molar-refractivity contribution in [2.24, 2.45) is 0 Å². The van der Waals surface area contributed by atoms with Gasteiger partial charge in [-0.05, 0) is 36.8 Å². The van der Waals surface area contributed by atoms with Crippen molar-refractivity contribution in [3.63, 3.8) is 0 Å². The van der Waals surface area contributed by atoms with Crippen molar-refractivity contribution in [1.82, 2.24) is 0 Å². The van der Waals surface area contributed by atoms with Gasteiger partial charge < -0.3 is 9.15 Å². The molecule has 0 aliphatic rings. The molecule has 0 aliphatic heterocycles. The number of nitrogens with zero attached hydrogens (tertiary/aromatic N) is 1. The first-order valence-corrected chi connectivity index (χ1v) is 6.82. The largest absolute Gasteiger partial charge is 0.489 e. The zero-order chi connectivity index (χ0) is 15.5. The Labute approximate surface area is 127 Å². The summed E-state index contributed by atoms with van der Waals surface area (Å²) in [6.07, 6.45) is 0. The number of hydrogen-bond donors (Lipinski definition) is 0. The van der Waals surface area contributed by atoms with E-state index in [1.54, 1.807) is 24.3 Å². The summed E-state index contributed by atoms with van der Waals surface area (Å²) in [7, 11) is 0. The van der Waals surface area contributed by atoms with Gasteiger partial charge in [0.1, 0.15) is 17.9 Å². The predicted octanol–water partition coefficient (Wildman–Crippen LogP) is 3.55. The molecular weight excluding hydrogens is 278 g/mol. The monoisotopic (exact) mass is 291 g/mol. The number of fused-ring (bicyclic) bond motifs is 1. The molecule has 1 aromatic heterocycles. The van der Waals surface area contributed by atoms with Crippen LogP contribution in [0.1, 0.15) is 16.7 Å². The summed E-state index contributed by atoms with van der Waals surface area (Å²) in [5, 5.41) is 9.74. The van der Waals surface area contributed by atoms with Gasteiger partial charge in [0.2, 0.25) is 0 Å². The highest BCUT2D eigenvalue weighted by Crippen LogP contribution is 2.21. The van der Waals surface area contributed by atoms with Crippen LogP contribution in [0.15, 0.2) is 57.7 Å². The van der Waals surface area contributed by atoms with Gasteiger partial charge in [-0.25, -0.2) is 4.79 Å². The smallest absolute Gasteiger partial charge is 0.336 e. The minimum Gasteiger partial charge on any atom is -0.489 e. The average Bonchev–Trinajstić information content (AvgIpc) is 2.52. The Morgan fingerprint density at radius 3 is 2.86 bits per heavy atom. The Bertz CT molecular complexity index is 935. The van der Waals surface area contributed by atoms with Crippen LogP contribution in [-0.2, 0) is 6.61 Å². The SMILES string of the molecule is Cc1ccc2c(COc3cccc(C#N)c3)cc(=O)oc2c1. The third-order valence-electron chi connectivity index (χ3n) is 3.34. The van der Waals surface area contributed by atoms with E-state index in [-0.39, 0.29) is 6.61 Å². The highest BCUT2D eigenvalue weighted by atomic mass is 16.5. The van der Waals surface area contributed by atoms with Crippen molar-refractivity contribution in [2.75, 3.05) is 0 Å². The number of aryl methyl sites for hydroxylation is 1. The van der Waals surface area contributed by atoms with E-state index in [1.807, 2.05) is 25.1 Å². The zero-order valence-electron chi connectivity index (χ0n) is 12.0. The van der Waals surface area contributed by atoms with Crippen molar-refractivity contribution < 1.29 is 9.15 Å². The average molecular weight is 291 g/mol. The van der Waals surface area contributed by atoms with Gasteiger partial charge in [-0.3, -0.25) is 0 Å². The van der Waals surface area contributed by atoms with Crippen LogP contribution < -0.4 is 10.4 Å². The first-order chi connectivity index (χ1) is 10.7. The minimum atomic E-state index is -0.400. The molecule has 3 rings (SSSR count). The number of nitriles is 1. The van der Waals surface area contributed by atoms with Gasteiger partial charge >= 0.3 is 5.63 Å². The zero-order valence-corrected chi connectivity index (χ0v) is 12.0. The number of rotatable bonds is 3. The van der Waals surface area contributed by atoms with Crippen LogP contribution in [0.4, 0.5) is 0 Å². The second-order valence-corrected chi connectivity index (χ2v) is 5.02. The molecule has 22 heavy (non-hydrogen) atoms. The Morgan fingerprint density at radius 2 is 2.05 bits per heavy atom. The summed E-state index contributed by atoms with van der Waals surface area (Å²) in [5.74, 6) is 0.590. The fourth-order valence-corrected chi connectivity index (χ4v) is 2.27. The molecule has 0 bridgehead atoms. The van der Waals surface area contributed by atoms with E-state index in [2.05, 4.69) is 6.07 Å². The predicted molar refractivity (Wildman–Crippen MR) is 82.7 cm³/mol. The molecular formula is C18H13NO3. The molecule has 2 aromatic carbocycles. The van der Waals surface area contributed by atoms with E-state index in [4.69, 9.17) is 14.4 Å². The summed E-state index contributed by atoms with van der Waals surface area (Å²) in [5.41, 5.74) is 2.47. The van der Waals surface area contributed by atoms with E-state index in [1.165, 1.54) is 6.07 Å². The third-order valence-corrected chi connectivity index (χ3v) is 3.34. The Kier molecular flexibility index (Phi) is 3.63. The molecule has 3 aromatic rings. The highest BCUT2D eigenvalue weighted by Gasteiger charge is 2.07. The molecule has 0 atom stereocenters. The molecule has 4 nitrogen and oxygen atoms in total. The van der Waals surface area contributed by atoms with Crippen molar-refractivity contribution >= 4 is 11.0 Å². The number of hydrogen-bond acceptors (Lipinski definition) is 4. The Balaban J connectivity index is 1.93. The third kappa shape index (κ3) is 2.84. The summed E-state index contributed by atoms with van der Waals surface area (Å²) >= 11 is 0. The lowest BCUT2D eigenvalue weighted by Gasteiger charge is -2.08. The molecule has 0 amide bonds. The van der Waals surface area contributed by atoms with E-state index >= 15 is 0 Å². The van der Waals surface area contributed by atoms with Crippen LogP contribution in [-0.4, -0.2) is 0 Å². The minimum absolute atomic E-state index is 0.236. The van der Waals surface area contributed by atoms with Crippen LogP contribution in [0, 0.1) is 18.3 Å². The summed E-state index contributed by atoms with van der Waals surface area (Å²) in [6.45, 7) is 2.18. The van der Waals surface area contributed by atoms with Gasteiger partial charge in [0.05, 0.1) is 11.6 Å². The van der Waals surface area contributed by atoms with E-state index in [0.717, 1.165) is 16.5 Å². The molecule has 0 N–H and O–H groups in total. The number of ether oxygens (including phenoxy) is 1. The Morgan fingerprint density at radius 1 is 1.18 bits per heavy atom. The summed E-state index contributed by atoms with van der Waals surface area (Å²) in [6, 6.07) is 16.1. The van der Waals surface area contributed by atoms with Crippen LogP contribution in [0.5, 0.6) is 5.75 Å². The lowest BCUT2D eigenvalue weighted by Crippen LogP contribution is -2.04. The molecule has 0 radical (unpaired) electrons. The van der Waals surface area contributed by atoms with E-state index in [0.29, 0.717) is 16.9 Å². The molecule has 1 heterocycles. The van der Waals surface area contributed by atoms with Crippen molar-refractivity contribution in [1.29, 1.82) is 5.26 Å². The van der Waals surface area contributed by atoms with Crippen LogP contribution in [0.3, 0.4) is 0 Å². The molecule has 4 heteroatoms. The van der Waals surface area contributed by atoms with Gasteiger partial charge in [0.25, 0.3) is 0 Å². The second-order valence-electron chi connectivity index (χ2n) is 5.02. The van der Waals surface area contributed by atoms with Gasteiger partial charge in [-0.2, -0.15) is 5.26 Å². The molecule has 0 aliphatic carbocycles. The molecule has 0 spiro atoms. The quantitative estimate of drug-likeness (QED) is 0.692. The number of benzene rings is 2. The van der Waals surface area contributed by atoms with Crippen molar-refractivity contribution in [3.05, 3.63) is 75.6 Å². The summed E-state index contributed by atoms with van der Waals surface area (Å²) < 4.78 is 10.9. The molecule has 0 saturated heterocycles. The molecule has 0 saturated carbocycles. The lowest BCUT2D eigenvalue weighted by atomic mass is 10.1. The van der Waals surface area contributed by atoms with Crippen molar-refractivity contribution in [2.45, 2.75) is 13.5 Å². The van der Waals surface area contributed by atoms with Gasteiger partial charge in [-0.1, -0.05) is 18.2 Å². The molecule has 0 unspecified atom stereocenters. The fraction of sp³-hybridized carbons (Fsp3) is 0.111. The van der Waals surface area contributed by atoms with Crippen LogP contribution in [0.2, 0.25) is 0 Å². The molecule has 0 fully saturated rings. The first-order valence-electron chi connectivity index (χ1n) is 6.82. The molecule has 108 valence electrons. The Hall–Kier alpha value is -3.06. The maximum atomic E-state index is 11.7. The highest BCUT2D eigenvalue weighted by molar-refractivity contribution is 5.80. The maximum Gasteiger partial charge on any atom is 0.336 e.